The number of hydrogen-bond donors (Lipinski definition) is 1. The largest absolute Gasteiger partial charge is 0.483 e. The van der Waals surface area contributed by atoms with Crippen LogP contribution in [0.4, 0.5) is 5.69 Å². The molecule has 1 rings (SSSR count). The zero-order valence-electron chi connectivity index (χ0n) is 11.0. The van der Waals surface area contributed by atoms with Crippen LogP contribution in [0.25, 0.3) is 0 Å². The van der Waals surface area contributed by atoms with Gasteiger partial charge in [-0.3, -0.25) is 19.7 Å². The van der Waals surface area contributed by atoms with Crippen LogP contribution >= 0.6 is 0 Å². The first kappa shape index (κ1) is 14.9. The molecule has 1 aromatic carbocycles. The first-order valence-corrected chi connectivity index (χ1v) is 5.62. The maximum atomic E-state index is 11.4. The summed E-state index contributed by atoms with van der Waals surface area (Å²) >= 11 is 0. The van der Waals surface area contributed by atoms with Gasteiger partial charge in [0.2, 0.25) is 0 Å². The Balaban J connectivity index is 2.46. The highest BCUT2D eigenvalue weighted by Gasteiger charge is 2.13. The number of nitro benzene ring substituents is 1. The molecule has 0 saturated heterocycles. The van der Waals surface area contributed by atoms with Crippen molar-refractivity contribution >= 4 is 11.6 Å². The van der Waals surface area contributed by atoms with Crippen molar-refractivity contribution in [1.29, 1.82) is 0 Å². The van der Waals surface area contributed by atoms with E-state index in [4.69, 9.17) is 9.57 Å². The van der Waals surface area contributed by atoms with Crippen LogP contribution in [0.3, 0.4) is 0 Å². The van der Waals surface area contributed by atoms with Crippen LogP contribution in [0.2, 0.25) is 0 Å². The third-order valence-corrected chi connectivity index (χ3v) is 1.87. The third kappa shape index (κ3) is 5.82. The molecule has 0 radical (unpaired) electrons. The predicted molar refractivity (Wildman–Crippen MR) is 67.6 cm³/mol. The van der Waals surface area contributed by atoms with Crippen molar-refractivity contribution in [2.45, 2.75) is 26.4 Å². The molecule has 0 aromatic heterocycles. The fraction of sp³-hybridized carbons (Fsp3) is 0.417. The van der Waals surface area contributed by atoms with E-state index in [2.05, 4.69) is 5.48 Å². The average Bonchev–Trinajstić information content (AvgIpc) is 2.33. The van der Waals surface area contributed by atoms with Gasteiger partial charge in [-0.2, -0.15) is 0 Å². The molecule has 1 amide bonds. The zero-order valence-corrected chi connectivity index (χ0v) is 11.0. The van der Waals surface area contributed by atoms with Gasteiger partial charge in [0.25, 0.3) is 11.6 Å². The van der Waals surface area contributed by atoms with Crippen LogP contribution in [0.5, 0.6) is 5.75 Å². The van der Waals surface area contributed by atoms with Crippen molar-refractivity contribution in [2.75, 3.05) is 6.61 Å². The van der Waals surface area contributed by atoms with Gasteiger partial charge < -0.3 is 4.74 Å². The summed E-state index contributed by atoms with van der Waals surface area (Å²) in [6.07, 6.45) is 0. The molecule has 1 N–H and O–H groups in total. The molecular weight excluding hydrogens is 252 g/mol. The molecule has 0 bridgehead atoms. The van der Waals surface area contributed by atoms with Crippen molar-refractivity contribution < 1.29 is 19.3 Å². The highest BCUT2D eigenvalue weighted by Crippen LogP contribution is 2.18. The summed E-state index contributed by atoms with van der Waals surface area (Å²) in [6, 6.07) is 5.61. The van der Waals surface area contributed by atoms with Gasteiger partial charge in [-0.1, -0.05) is 6.07 Å². The van der Waals surface area contributed by atoms with Crippen molar-refractivity contribution in [3.63, 3.8) is 0 Å². The normalized spacial score (nSPS) is 10.9. The van der Waals surface area contributed by atoms with Crippen LogP contribution in [0, 0.1) is 10.1 Å². The molecule has 19 heavy (non-hydrogen) atoms. The maximum absolute atomic E-state index is 11.4. The molecule has 104 valence electrons. The van der Waals surface area contributed by atoms with Crippen LogP contribution in [0.15, 0.2) is 24.3 Å². The number of non-ortho nitro benzene ring substituents is 1. The highest BCUT2D eigenvalue weighted by molar-refractivity contribution is 5.76. The number of amides is 1. The Morgan fingerprint density at radius 2 is 2.11 bits per heavy atom. The highest BCUT2D eigenvalue weighted by atomic mass is 16.7. The third-order valence-electron chi connectivity index (χ3n) is 1.87. The lowest BCUT2D eigenvalue weighted by molar-refractivity contribution is -0.384. The molecule has 0 heterocycles. The molecule has 0 aliphatic carbocycles. The van der Waals surface area contributed by atoms with Gasteiger partial charge in [0.15, 0.2) is 6.61 Å². The van der Waals surface area contributed by atoms with E-state index in [1.165, 1.54) is 24.3 Å². The number of nitro groups is 1. The van der Waals surface area contributed by atoms with Gasteiger partial charge in [-0.05, 0) is 26.8 Å². The standard InChI is InChI=1S/C12H16N2O5/c1-12(2,3)19-13-11(15)8-18-10-6-4-5-9(7-10)14(16)17/h4-7H,8H2,1-3H3,(H,13,15). The molecule has 0 spiro atoms. The van der Waals surface area contributed by atoms with Gasteiger partial charge in [0.05, 0.1) is 16.6 Å². The van der Waals surface area contributed by atoms with E-state index in [0.717, 1.165) is 0 Å². The molecule has 0 aliphatic rings. The van der Waals surface area contributed by atoms with Crippen LogP contribution in [-0.4, -0.2) is 23.0 Å². The first-order chi connectivity index (χ1) is 8.78. The van der Waals surface area contributed by atoms with Crippen molar-refractivity contribution in [3.8, 4) is 5.75 Å². The summed E-state index contributed by atoms with van der Waals surface area (Å²) in [7, 11) is 0. The van der Waals surface area contributed by atoms with Gasteiger partial charge >= 0.3 is 0 Å². The van der Waals surface area contributed by atoms with Gasteiger partial charge in [-0.25, -0.2) is 5.48 Å². The zero-order chi connectivity index (χ0) is 14.5. The number of hydroxylamine groups is 1. The maximum Gasteiger partial charge on any atom is 0.281 e. The average molecular weight is 268 g/mol. The Morgan fingerprint density at radius 1 is 1.42 bits per heavy atom. The van der Waals surface area contributed by atoms with Gasteiger partial charge in [-0.15, -0.1) is 0 Å². The second-order valence-electron chi connectivity index (χ2n) is 4.78. The summed E-state index contributed by atoms with van der Waals surface area (Å²) in [6.45, 7) is 5.08. The van der Waals surface area contributed by atoms with Crippen molar-refractivity contribution in [3.05, 3.63) is 34.4 Å². The van der Waals surface area contributed by atoms with Gasteiger partial charge in [0, 0.05) is 6.07 Å². The number of hydrogen-bond acceptors (Lipinski definition) is 5. The Morgan fingerprint density at radius 3 is 2.68 bits per heavy atom. The molecule has 0 saturated carbocycles. The molecule has 0 fully saturated rings. The summed E-state index contributed by atoms with van der Waals surface area (Å²) < 4.78 is 5.13. The smallest absolute Gasteiger partial charge is 0.281 e. The number of carbonyl (C=O) groups excluding carboxylic acids is 1. The molecule has 7 heteroatoms. The quantitative estimate of drug-likeness (QED) is 0.649. The Hall–Kier alpha value is -2.15. The number of ether oxygens (including phenoxy) is 1. The SMILES string of the molecule is CC(C)(C)ONC(=O)COc1cccc([N+](=O)[O-])c1. The second-order valence-corrected chi connectivity index (χ2v) is 4.78. The molecule has 0 unspecified atom stereocenters. The van der Waals surface area contributed by atoms with Crippen molar-refractivity contribution in [1.82, 2.24) is 5.48 Å². The fourth-order valence-corrected chi connectivity index (χ4v) is 1.08. The fourth-order valence-electron chi connectivity index (χ4n) is 1.08. The molecule has 0 aliphatic heterocycles. The van der Waals surface area contributed by atoms with E-state index >= 15 is 0 Å². The van der Waals surface area contributed by atoms with E-state index in [1.807, 2.05) is 0 Å². The molecule has 0 atom stereocenters. The topological polar surface area (TPSA) is 90.7 Å². The Bertz CT molecular complexity index is 467. The molecule has 7 nitrogen and oxygen atoms in total. The molecular formula is C12H16N2O5. The molecule has 1 aromatic rings. The minimum Gasteiger partial charge on any atom is -0.483 e. The van der Waals surface area contributed by atoms with E-state index in [9.17, 15) is 14.9 Å². The summed E-state index contributed by atoms with van der Waals surface area (Å²) in [4.78, 5) is 26.5. The van der Waals surface area contributed by atoms with E-state index in [-0.39, 0.29) is 18.0 Å². The predicted octanol–water partition coefficient (Wildman–Crippen LogP) is 1.82. The Labute approximate surface area is 110 Å². The second kappa shape index (κ2) is 6.14. The van der Waals surface area contributed by atoms with Crippen molar-refractivity contribution in [2.24, 2.45) is 0 Å². The number of carbonyl (C=O) groups is 1. The monoisotopic (exact) mass is 268 g/mol. The lowest BCUT2D eigenvalue weighted by Gasteiger charge is -2.18. The summed E-state index contributed by atoms with van der Waals surface area (Å²) in [5.41, 5.74) is 1.64. The van der Waals surface area contributed by atoms with Crippen LogP contribution in [-0.2, 0) is 9.63 Å². The summed E-state index contributed by atoms with van der Waals surface area (Å²) in [5, 5.41) is 10.6. The van der Waals surface area contributed by atoms with Crippen LogP contribution < -0.4 is 10.2 Å². The van der Waals surface area contributed by atoms with E-state index < -0.39 is 16.4 Å². The first-order valence-electron chi connectivity index (χ1n) is 5.62. The lowest BCUT2D eigenvalue weighted by Crippen LogP contribution is -2.36. The number of benzene rings is 1. The summed E-state index contributed by atoms with van der Waals surface area (Å²) in [5.74, 6) is -0.221. The van der Waals surface area contributed by atoms with E-state index in [1.54, 1.807) is 20.8 Å². The minimum absolute atomic E-state index is 0.0937. The van der Waals surface area contributed by atoms with E-state index in [0.29, 0.717) is 0 Å². The number of nitrogens with one attached hydrogen (secondary N) is 1. The Kier molecular flexibility index (Phi) is 4.82. The number of rotatable bonds is 5. The lowest BCUT2D eigenvalue weighted by atomic mass is 10.2. The van der Waals surface area contributed by atoms with Gasteiger partial charge in [0.1, 0.15) is 5.75 Å². The van der Waals surface area contributed by atoms with Crippen LogP contribution in [0.1, 0.15) is 20.8 Å². The minimum atomic E-state index is -0.532. The number of nitrogens with zero attached hydrogens (tertiary/aromatic N) is 1.